The van der Waals surface area contributed by atoms with Crippen molar-refractivity contribution in [2.24, 2.45) is 0 Å². The number of hydrogen-bond acceptors (Lipinski definition) is 2. The Morgan fingerprint density at radius 1 is 0.258 bits per heavy atom. The van der Waals surface area contributed by atoms with E-state index in [9.17, 15) is 0 Å². The van der Waals surface area contributed by atoms with Crippen molar-refractivity contribution in [1.29, 1.82) is 0 Å². The Balaban J connectivity index is 0.902. The number of rotatable bonds is 7. The minimum atomic E-state index is 0.642. The van der Waals surface area contributed by atoms with Crippen molar-refractivity contribution >= 4 is 43.6 Å². The van der Waals surface area contributed by atoms with Crippen LogP contribution in [0.1, 0.15) is 0 Å². The number of hydrogen-bond donors (Lipinski definition) is 0. The molecule has 62 heavy (non-hydrogen) atoms. The molecule has 0 aliphatic carbocycles. The number of benzene rings is 9. The summed E-state index contributed by atoms with van der Waals surface area (Å²) in [6, 6.07) is 78.2. The third-order valence-corrected chi connectivity index (χ3v) is 12.3. The Morgan fingerprint density at radius 3 is 1.21 bits per heavy atom. The highest BCUT2D eigenvalue weighted by Crippen LogP contribution is 2.39. The maximum Gasteiger partial charge on any atom is 0.234 e. The molecule has 0 spiro atoms. The maximum absolute atomic E-state index is 5.03. The predicted molar refractivity (Wildman–Crippen MR) is 258 cm³/mol. The average molecular weight is 791 g/mol. The largest absolute Gasteiger partial charge is 0.309 e. The minimum absolute atomic E-state index is 0.642. The van der Waals surface area contributed by atoms with E-state index in [0.29, 0.717) is 5.95 Å². The summed E-state index contributed by atoms with van der Waals surface area (Å²) in [5, 5.41) is 4.79. The van der Waals surface area contributed by atoms with Gasteiger partial charge >= 0.3 is 0 Å². The first-order chi connectivity index (χ1) is 30.7. The van der Waals surface area contributed by atoms with Gasteiger partial charge in [-0.1, -0.05) is 170 Å². The summed E-state index contributed by atoms with van der Waals surface area (Å²) in [5.41, 5.74) is 17.2. The van der Waals surface area contributed by atoms with Crippen molar-refractivity contribution in [1.82, 2.24) is 19.1 Å². The molecule has 0 aliphatic rings. The van der Waals surface area contributed by atoms with E-state index in [0.717, 1.165) is 55.3 Å². The van der Waals surface area contributed by atoms with Crippen LogP contribution in [-0.4, -0.2) is 19.1 Å². The molecule has 0 saturated heterocycles. The van der Waals surface area contributed by atoms with Crippen LogP contribution < -0.4 is 0 Å². The van der Waals surface area contributed by atoms with Gasteiger partial charge in [-0.15, -0.1) is 0 Å². The van der Waals surface area contributed by atoms with E-state index in [-0.39, 0.29) is 0 Å². The molecule has 0 saturated carbocycles. The first-order valence-electron chi connectivity index (χ1n) is 21.1. The number of nitrogens with zero attached hydrogens (tertiary/aromatic N) is 4. The van der Waals surface area contributed by atoms with Crippen molar-refractivity contribution in [2.45, 2.75) is 0 Å². The van der Waals surface area contributed by atoms with Gasteiger partial charge in [0.2, 0.25) is 5.95 Å². The standard InChI is InChI=1S/C58H38N4/c1-3-13-39(14-4-1)41-23-25-43(26-24-41)48-17-7-8-18-49(48)46-37-59-58(60-38-46)62-55-22-12-10-20-51(55)53-36-45(30-34-57(53)62)44-29-33-56-52(35-44)50-19-9-11-21-54(50)61(56)47-31-27-42(28-32-47)40-15-5-2-6-16-40/h1-38H. The van der Waals surface area contributed by atoms with Gasteiger partial charge < -0.3 is 4.57 Å². The molecule has 12 aromatic rings. The summed E-state index contributed by atoms with van der Waals surface area (Å²) in [7, 11) is 0. The van der Waals surface area contributed by atoms with Crippen molar-refractivity contribution in [3.63, 3.8) is 0 Å². The van der Waals surface area contributed by atoms with Crippen LogP contribution in [0.3, 0.4) is 0 Å². The summed E-state index contributed by atoms with van der Waals surface area (Å²) in [5.74, 6) is 0.642. The Bertz CT molecular complexity index is 3580. The lowest BCUT2D eigenvalue weighted by Crippen LogP contribution is -2.01. The lowest BCUT2D eigenvalue weighted by molar-refractivity contribution is 0.990. The van der Waals surface area contributed by atoms with E-state index in [1.54, 1.807) is 0 Å². The molecule has 0 fully saturated rings. The van der Waals surface area contributed by atoms with Crippen molar-refractivity contribution in [3.05, 3.63) is 231 Å². The van der Waals surface area contributed by atoms with E-state index in [2.05, 4.69) is 221 Å². The molecule has 0 atom stereocenters. The Labute approximate surface area is 359 Å². The first kappa shape index (κ1) is 35.6. The van der Waals surface area contributed by atoms with Crippen LogP contribution in [0.25, 0.3) is 111 Å². The van der Waals surface area contributed by atoms with Gasteiger partial charge in [-0.3, -0.25) is 4.57 Å². The summed E-state index contributed by atoms with van der Waals surface area (Å²) < 4.78 is 4.57. The lowest BCUT2D eigenvalue weighted by Gasteiger charge is -2.12. The molecule has 4 heteroatoms. The zero-order chi connectivity index (χ0) is 41.0. The van der Waals surface area contributed by atoms with E-state index < -0.39 is 0 Å². The van der Waals surface area contributed by atoms with Gasteiger partial charge in [-0.05, 0) is 98.6 Å². The first-order valence-corrected chi connectivity index (χ1v) is 21.1. The fraction of sp³-hybridized carbons (Fsp3) is 0. The Hall–Kier alpha value is -8.34. The van der Waals surface area contributed by atoms with Gasteiger partial charge in [0.1, 0.15) is 0 Å². The van der Waals surface area contributed by atoms with E-state index in [1.807, 2.05) is 18.5 Å². The van der Waals surface area contributed by atoms with Crippen molar-refractivity contribution in [2.75, 3.05) is 0 Å². The van der Waals surface area contributed by atoms with Crippen LogP contribution >= 0.6 is 0 Å². The lowest BCUT2D eigenvalue weighted by atomic mass is 9.94. The number of fused-ring (bicyclic) bond motifs is 6. The molecule has 0 amide bonds. The van der Waals surface area contributed by atoms with Gasteiger partial charge in [0.05, 0.1) is 22.1 Å². The quantitative estimate of drug-likeness (QED) is 0.161. The molecular formula is C58H38N4. The molecule has 4 nitrogen and oxygen atoms in total. The molecule has 0 N–H and O–H groups in total. The molecule has 0 unspecified atom stereocenters. The molecule has 290 valence electrons. The summed E-state index contributed by atoms with van der Waals surface area (Å²) >= 11 is 0. The van der Waals surface area contributed by atoms with E-state index in [4.69, 9.17) is 9.97 Å². The van der Waals surface area contributed by atoms with Gasteiger partial charge in [0, 0.05) is 45.2 Å². The topological polar surface area (TPSA) is 35.6 Å². The average Bonchev–Trinajstić information content (AvgIpc) is 3.87. The van der Waals surface area contributed by atoms with Crippen molar-refractivity contribution < 1.29 is 0 Å². The highest BCUT2D eigenvalue weighted by atomic mass is 15.1. The molecule has 12 rings (SSSR count). The zero-order valence-electron chi connectivity index (χ0n) is 33.7. The highest BCUT2D eigenvalue weighted by Gasteiger charge is 2.18. The monoisotopic (exact) mass is 790 g/mol. The smallest absolute Gasteiger partial charge is 0.234 e. The Morgan fingerprint density at radius 2 is 0.645 bits per heavy atom. The van der Waals surface area contributed by atoms with Crippen LogP contribution in [0.2, 0.25) is 0 Å². The summed E-state index contributed by atoms with van der Waals surface area (Å²) in [4.78, 5) is 10.1. The summed E-state index contributed by atoms with van der Waals surface area (Å²) in [6.07, 6.45) is 3.91. The highest BCUT2D eigenvalue weighted by molar-refractivity contribution is 6.12. The molecule has 0 radical (unpaired) electrons. The molecular weight excluding hydrogens is 753 g/mol. The molecule has 0 aliphatic heterocycles. The number of aromatic nitrogens is 4. The second-order valence-electron chi connectivity index (χ2n) is 15.8. The van der Waals surface area contributed by atoms with Gasteiger partial charge in [-0.2, -0.15) is 0 Å². The fourth-order valence-electron chi connectivity index (χ4n) is 9.27. The predicted octanol–water partition coefficient (Wildman–Crippen LogP) is 15.0. The maximum atomic E-state index is 5.03. The second-order valence-corrected chi connectivity index (χ2v) is 15.8. The third-order valence-electron chi connectivity index (χ3n) is 12.3. The fourth-order valence-corrected chi connectivity index (χ4v) is 9.27. The Kier molecular flexibility index (Phi) is 8.46. The third kappa shape index (κ3) is 6.00. The van der Waals surface area contributed by atoms with E-state index >= 15 is 0 Å². The van der Waals surface area contributed by atoms with Crippen LogP contribution in [0.15, 0.2) is 231 Å². The zero-order valence-corrected chi connectivity index (χ0v) is 33.7. The molecule has 3 aromatic heterocycles. The van der Waals surface area contributed by atoms with Crippen LogP contribution in [0, 0.1) is 0 Å². The molecule has 9 aromatic carbocycles. The van der Waals surface area contributed by atoms with E-state index in [1.165, 1.54) is 49.6 Å². The normalized spacial score (nSPS) is 11.5. The van der Waals surface area contributed by atoms with Crippen LogP contribution in [-0.2, 0) is 0 Å². The van der Waals surface area contributed by atoms with Crippen LogP contribution in [0.4, 0.5) is 0 Å². The van der Waals surface area contributed by atoms with Gasteiger partial charge in [0.25, 0.3) is 0 Å². The van der Waals surface area contributed by atoms with Crippen molar-refractivity contribution in [3.8, 4) is 67.3 Å². The number of para-hydroxylation sites is 2. The molecule has 3 heterocycles. The molecule has 0 bridgehead atoms. The van der Waals surface area contributed by atoms with Gasteiger partial charge in [-0.25, -0.2) is 9.97 Å². The summed E-state index contributed by atoms with van der Waals surface area (Å²) in [6.45, 7) is 0. The minimum Gasteiger partial charge on any atom is -0.309 e. The second kappa shape index (κ2) is 14.7. The van der Waals surface area contributed by atoms with Gasteiger partial charge in [0.15, 0.2) is 0 Å². The van der Waals surface area contributed by atoms with Crippen LogP contribution in [0.5, 0.6) is 0 Å². The SMILES string of the molecule is c1ccc(-c2ccc(-c3ccccc3-c3cnc(-n4c5ccccc5c5cc(-c6ccc7c(c6)c6ccccc6n7-c6ccc(-c7ccccc7)cc6)ccc54)nc3)cc2)cc1.